The molecule has 392 valence electrons. The number of non-ortho nitro benzene ring substituents is 1. The van der Waals surface area contributed by atoms with Gasteiger partial charge in [0.05, 0.1) is 11.5 Å². The standard InChI is InChI=1S/C50H57N9O15/c1-30-17-18-34(59(73)74)28-35(30)44(64)55-40(27-33-15-9-4-10-16-33)47(67)56-39(26-32-13-7-3-8-14-32)46(66)53-29-42(61)51-23-24-52-45(65)38(25-31-11-5-2-6-12-31)54-41(60)21-19-36(48(68)69)57-50(72)58-37(49(70)71)20-22-43(62)63/h2-18,28,36-40H,19-27,29H2,1H3,(H,51,61)(H,52,65)(H,53,66)(H,54,60)(H,55,64)(H,56,67)(H,62,63)(H,68,69)(H,70,71)(H2,57,58,72)/t36-,37-,38-,39-,40-/m0/s1. The van der Waals surface area contributed by atoms with Crippen molar-refractivity contribution in [2.45, 2.75) is 82.1 Å². The summed E-state index contributed by atoms with van der Waals surface area (Å²) in [5.41, 5.74) is 2.02. The summed E-state index contributed by atoms with van der Waals surface area (Å²) in [6, 6.07) is 21.4. The number of aryl methyl sites for hydroxylation is 1. The zero-order valence-electron chi connectivity index (χ0n) is 40.0. The molecule has 4 aromatic rings. The number of carboxylic acid groups (broad SMARTS) is 3. The number of nitrogens with zero attached hydrogens (tertiary/aromatic N) is 1. The van der Waals surface area contributed by atoms with E-state index >= 15 is 0 Å². The molecule has 0 radical (unpaired) electrons. The van der Waals surface area contributed by atoms with Crippen LogP contribution in [-0.4, -0.2) is 129 Å². The van der Waals surface area contributed by atoms with Crippen LogP contribution in [0.15, 0.2) is 109 Å². The molecule has 24 heteroatoms. The molecule has 0 saturated heterocycles. The van der Waals surface area contributed by atoms with E-state index in [0.29, 0.717) is 22.3 Å². The minimum atomic E-state index is -1.68. The van der Waals surface area contributed by atoms with Crippen LogP contribution in [0.3, 0.4) is 0 Å². The van der Waals surface area contributed by atoms with Crippen LogP contribution in [0.2, 0.25) is 0 Å². The summed E-state index contributed by atoms with van der Waals surface area (Å²) in [5, 5.41) is 58.9. The highest BCUT2D eigenvalue weighted by Crippen LogP contribution is 2.18. The Morgan fingerprint density at radius 1 is 0.514 bits per heavy atom. The van der Waals surface area contributed by atoms with Gasteiger partial charge in [0.15, 0.2) is 0 Å². The summed E-state index contributed by atoms with van der Waals surface area (Å²) in [4.78, 5) is 138. The molecule has 5 atom stereocenters. The van der Waals surface area contributed by atoms with E-state index in [4.69, 9.17) is 5.11 Å². The van der Waals surface area contributed by atoms with Crippen LogP contribution >= 0.6 is 0 Å². The van der Waals surface area contributed by atoms with E-state index in [0.717, 1.165) is 6.07 Å². The normalized spacial score (nSPS) is 12.7. The second-order valence-electron chi connectivity index (χ2n) is 16.8. The Hall–Kier alpha value is -9.22. The number of urea groups is 1. The summed E-state index contributed by atoms with van der Waals surface area (Å²) >= 11 is 0. The number of benzene rings is 4. The second kappa shape index (κ2) is 29.2. The van der Waals surface area contributed by atoms with E-state index in [-0.39, 0.29) is 43.6 Å². The molecule has 0 heterocycles. The summed E-state index contributed by atoms with van der Waals surface area (Å²) < 4.78 is 0. The van der Waals surface area contributed by atoms with Gasteiger partial charge >= 0.3 is 23.9 Å². The average Bonchev–Trinajstić information content (AvgIpc) is 3.37. The third-order valence-corrected chi connectivity index (χ3v) is 11.1. The maximum Gasteiger partial charge on any atom is 0.326 e. The third kappa shape index (κ3) is 19.9. The van der Waals surface area contributed by atoms with Gasteiger partial charge in [-0.25, -0.2) is 14.4 Å². The van der Waals surface area contributed by atoms with E-state index in [1.54, 1.807) is 97.9 Å². The smallest absolute Gasteiger partial charge is 0.326 e. The van der Waals surface area contributed by atoms with Crippen LogP contribution in [0.25, 0.3) is 0 Å². The molecule has 24 nitrogen and oxygen atoms in total. The lowest BCUT2D eigenvalue weighted by molar-refractivity contribution is -0.384. The van der Waals surface area contributed by atoms with Gasteiger partial charge in [-0.3, -0.25) is 43.7 Å². The topological polar surface area (TPSA) is 371 Å². The Labute approximate surface area is 423 Å². The summed E-state index contributed by atoms with van der Waals surface area (Å²) in [6.07, 6.45) is -2.12. The second-order valence-corrected chi connectivity index (χ2v) is 16.8. The first-order valence-corrected chi connectivity index (χ1v) is 23.1. The third-order valence-electron chi connectivity index (χ3n) is 11.1. The van der Waals surface area contributed by atoms with Crippen LogP contribution in [0.1, 0.15) is 58.3 Å². The molecular formula is C50H57N9O15. The molecule has 4 rings (SSSR count). The number of nitro benzene ring substituents is 1. The van der Waals surface area contributed by atoms with E-state index in [2.05, 4.69) is 31.9 Å². The summed E-state index contributed by atoms with van der Waals surface area (Å²) in [6.45, 7) is 0.729. The van der Waals surface area contributed by atoms with Crippen molar-refractivity contribution in [3.8, 4) is 0 Å². The maximum atomic E-state index is 14.0. The Morgan fingerprint density at radius 3 is 1.46 bits per heavy atom. The molecule has 0 fully saturated rings. The van der Waals surface area contributed by atoms with Gasteiger partial charge in [-0.05, 0) is 42.0 Å². The molecular weight excluding hydrogens is 967 g/mol. The fourth-order valence-electron chi connectivity index (χ4n) is 7.20. The van der Waals surface area contributed by atoms with Gasteiger partial charge in [0.25, 0.3) is 11.6 Å². The molecule has 74 heavy (non-hydrogen) atoms. The first kappa shape index (κ1) is 57.4. The Morgan fingerprint density at radius 2 is 0.973 bits per heavy atom. The number of amides is 8. The monoisotopic (exact) mass is 1020 g/mol. The Kier molecular flexibility index (Phi) is 22.6. The maximum absolute atomic E-state index is 14.0. The van der Waals surface area contributed by atoms with Crippen LogP contribution in [0.5, 0.6) is 0 Å². The van der Waals surface area contributed by atoms with Gasteiger partial charge in [-0.2, -0.15) is 0 Å². The highest BCUT2D eigenvalue weighted by atomic mass is 16.6. The van der Waals surface area contributed by atoms with Gasteiger partial charge in [0.1, 0.15) is 30.2 Å². The predicted octanol–water partition coefficient (Wildman–Crippen LogP) is 0.899. The highest BCUT2D eigenvalue weighted by Gasteiger charge is 2.30. The first-order chi connectivity index (χ1) is 35.3. The van der Waals surface area contributed by atoms with Gasteiger partial charge in [-0.15, -0.1) is 0 Å². The molecule has 0 aromatic heterocycles. The molecule has 0 saturated carbocycles. The van der Waals surface area contributed by atoms with Gasteiger partial charge in [-0.1, -0.05) is 97.1 Å². The average molecular weight is 1020 g/mol. The van der Waals surface area contributed by atoms with Crippen LogP contribution in [0.4, 0.5) is 10.5 Å². The Balaban J connectivity index is 1.35. The fraction of sp³-hybridized carbons (Fsp3) is 0.320. The molecule has 0 unspecified atom stereocenters. The number of hydrogen-bond acceptors (Lipinski definition) is 12. The van der Waals surface area contributed by atoms with E-state index < -0.39 is 127 Å². The molecule has 8 amide bonds. The van der Waals surface area contributed by atoms with E-state index in [1.165, 1.54) is 12.1 Å². The quantitative estimate of drug-likeness (QED) is 0.0205. The van der Waals surface area contributed by atoms with Gasteiger partial charge in [0, 0.05) is 62.9 Å². The van der Waals surface area contributed by atoms with Crippen molar-refractivity contribution in [3.05, 3.63) is 147 Å². The first-order valence-electron chi connectivity index (χ1n) is 23.1. The van der Waals surface area contributed by atoms with Crippen molar-refractivity contribution in [1.82, 2.24) is 42.5 Å². The number of carboxylic acids is 3. The minimum Gasteiger partial charge on any atom is -0.481 e. The van der Waals surface area contributed by atoms with Crippen molar-refractivity contribution in [3.63, 3.8) is 0 Å². The van der Waals surface area contributed by atoms with Crippen molar-refractivity contribution in [2.24, 2.45) is 0 Å². The SMILES string of the molecule is Cc1ccc([N+](=O)[O-])cc1C(=O)N[C@@H](Cc1ccccc1)C(=O)N[C@@H](Cc1ccccc1)C(=O)NCC(=O)NCCNC(=O)[C@H](Cc1ccccc1)NC(=O)CC[C@H](NC(=O)N[C@@H](CCC(=O)O)C(=O)O)C(=O)O. The van der Waals surface area contributed by atoms with Crippen molar-refractivity contribution >= 4 is 65.1 Å². The lowest BCUT2D eigenvalue weighted by Crippen LogP contribution is -2.56. The number of nitro groups is 1. The van der Waals surface area contributed by atoms with E-state index in [1.807, 2.05) is 10.6 Å². The highest BCUT2D eigenvalue weighted by molar-refractivity contribution is 6.00. The number of carbonyl (C=O) groups excluding carboxylic acids is 7. The lowest BCUT2D eigenvalue weighted by atomic mass is 10.0. The zero-order valence-corrected chi connectivity index (χ0v) is 40.0. The predicted molar refractivity (Wildman–Crippen MR) is 263 cm³/mol. The molecule has 4 aromatic carbocycles. The zero-order chi connectivity index (χ0) is 54.2. The number of carbonyl (C=O) groups is 10. The largest absolute Gasteiger partial charge is 0.481 e. The number of nitrogens with one attached hydrogen (secondary N) is 8. The van der Waals surface area contributed by atoms with Crippen LogP contribution in [-0.2, 0) is 57.6 Å². The van der Waals surface area contributed by atoms with Crippen LogP contribution < -0.4 is 42.5 Å². The number of rotatable bonds is 29. The number of hydrogen-bond donors (Lipinski definition) is 11. The Bertz CT molecular complexity index is 2640. The summed E-state index contributed by atoms with van der Waals surface area (Å²) in [5.74, 6) is -8.83. The molecule has 0 spiro atoms. The molecule has 0 bridgehead atoms. The van der Waals surface area contributed by atoms with E-state index in [9.17, 15) is 68.3 Å². The lowest BCUT2D eigenvalue weighted by Gasteiger charge is -2.24. The van der Waals surface area contributed by atoms with Gasteiger partial charge in [0.2, 0.25) is 29.5 Å². The molecule has 0 aliphatic heterocycles. The molecule has 0 aliphatic carbocycles. The van der Waals surface area contributed by atoms with Crippen molar-refractivity contribution < 1.29 is 68.2 Å². The van der Waals surface area contributed by atoms with Crippen molar-refractivity contribution in [1.29, 1.82) is 0 Å². The summed E-state index contributed by atoms with van der Waals surface area (Å²) in [7, 11) is 0. The van der Waals surface area contributed by atoms with Gasteiger partial charge < -0.3 is 57.9 Å². The molecule has 0 aliphatic rings. The fourth-order valence-corrected chi connectivity index (χ4v) is 7.20. The minimum absolute atomic E-state index is 0.00964. The van der Waals surface area contributed by atoms with Crippen LogP contribution in [0, 0.1) is 17.0 Å². The molecule has 11 N–H and O–H groups in total. The van der Waals surface area contributed by atoms with Crippen molar-refractivity contribution in [2.75, 3.05) is 19.6 Å². The number of aliphatic carboxylic acids is 3.